The van der Waals surface area contributed by atoms with E-state index in [2.05, 4.69) is 15.3 Å². The molecule has 5 rings (SSSR count). The predicted molar refractivity (Wildman–Crippen MR) is 149 cm³/mol. The molecule has 2 aliphatic rings. The Morgan fingerprint density at radius 3 is 2.46 bits per heavy atom. The molecule has 2 saturated heterocycles. The lowest BCUT2D eigenvalue weighted by Crippen LogP contribution is -2.50. The number of anilines is 1. The van der Waals surface area contributed by atoms with Gasteiger partial charge in [0.1, 0.15) is 17.2 Å². The van der Waals surface area contributed by atoms with E-state index in [1.54, 1.807) is 24.0 Å². The van der Waals surface area contributed by atoms with Gasteiger partial charge < -0.3 is 14.5 Å². The third-order valence-electron chi connectivity index (χ3n) is 6.26. The molecule has 0 unspecified atom stereocenters. The number of carbonyl (C=O) groups excluding carboxylic acids is 3. The lowest BCUT2D eigenvalue weighted by Gasteiger charge is -2.36. The number of benzene rings is 2. The second-order valence-corrected chi connectivity index (χ2v) is 11.4. The summed E-state index contributed by atoms with van der Waals surface area (Å²) >= 11 is 0.845. The number of ether oxygens (including phenoxy) is 1. The number of nitrogens with one attached hydrogen (secondary N) is 1. The standard InChI is InChI=1S/C28H28FN5O4S/c1-16-30-21-7-5-17(14-23-25(35)32-26(36)39-23)13-19(21)24(31-16)18-6-8-22(20(29)15-18)33-9-11-34(12-10-33)27(37)38-28(2,3)4/h5-8,13-15H,9-12H2,1-4H3,(H,32,35,36). The predicted octanol–water partition coefficient (Wildman–Crippen LogP) is 5.13. The Balaban J connectivity index is 1.40. The first kappa shape index (κ1) is 26.6. The van der Waals surface area contributed by atoms with Crippen LogP contribution in [0.4, 0.5) is 19.7 Å². The molecule has 9 nitrogen and oxygen atoms in total. The van der Waals surface area contributed by atoms with Crippen molar-refractivity contribution < 1.29 is 23.5 Å². The molecular weight excluding hydrogens is 521 g/mol. The molecule has 11 heteroatoms. The monoisotopic (exact) mass is 549 g/mol. The normalized spacial score (nSPS) is 17.2. The highest BCUT2D eigenvalue weighted by Crippen LogP contribution is 2.32. The molecule has 3 heterocycles. The van der Waals surface area contributed by atoms with Crippen molar-refractivity contribution in [1.82, 2.24) is 20.2 Å². The van der Waals surface area contributed by atoms with Gasteiger partial charge in [-0.05, 0) is 75.4 Å². The van der Waals surface area contributed by atoms with Crippen LogP contribution < -0.4 is 10.2 Å². The first-order chi connectivity index (χ1) is 18.5. The minimum Gasteiger partial charge on any atom is -0.444 e. The van der Waals surface area contributed by atoms with Crippen molar-refractivity contribution in [3.8, 4) is 11.3 Å². The van der Waals surface area contributed by atoms with E-state index < -0.39 is 22.6 Å². The fourth-order valence-corrected chi connectivity index (χ4v) is 5.19. The zero-order valence-corrected chi connectivity index (χ0v) is 22.9. The van der Waals surface area contributed by atoms with E-state index in [-0.39, 0.29) is 6.09 Å². The van der Waals surface area contributed by atoms with Crippen molar-refractivity contribution in [3.63, 3.8) is 0 Å². The van der Waals surface area contributed by atoms with Crippen LogP contribution >= 0.6 is 11.8 Å². The number of imide groups is 1. The Bertz CT molecular complexity index is 1530. The third-order valence-corrected chi connectivity index (χ3v) is 7.08. The van der Waals surface area contributed by atoms with Crippen LogP contribution in [0.15, 0.2) is 41.3 Å². The van der Waals surface area contributed by atoms with Crippen LogP contribution in [0.1, 0.15) is 32.2 Å². The Kier molecular flexibility index (Phi) is 7.02. The van der Waals surface area contributed by atoms with Crippen LogP contribution in [0, 0.1) is 12.7 Å². The average Bonchev–Trinajstić information content (AvgIpc) is 3.18. The van der Waals surface area contributed by atoms with E-state index in [0.29, 0.717) is 70.3 Å². The van der Waals surface area contributed by atoms with Crippen LogP contribution in [-0.2, 0) is 9.53 Å². The van der Waals surface area contributed by atoms with Crippen molar-refractivity contribution in [3.05, 3.63) is 58.5 Å². The molecule has 2 fully saturated rings. The average molecular weight is 550 g/mol. The minimum atomic E-state index is -0.569. The van der Waals surface area contributed by atoms with Gasteiger partial charge in [0.2, 0.25) is 0 Å². The summed E-state index contributed by atoms with van der Waals surface area (Å²) < 4.78 is 20.9. The first-order valence-electron chi connectivity index (χ1n) is 12.5. The first-order valence-corrected chi connectivity index (χ1v) is 13.3. The number of piperazine rings is 1. The van der Waals surface area contributed by atoms with Gasteiger partial charge in [0.25, 0.3) is 11.1 Å². The van der Waals surface area contributed by atoms with Crippen molar-refractivity contribution in [2.24, 2.45) is 0 Å². The molecule has 202 valence electrons. The number of hydrogen-bond donors (Lipinski definition) is 1. The van der Waals surface area contributed by atoms with Gasteiger partial charge in [0.15, 0.2) is 0 Å². The fourth-order valence-electron chi connectivity index (χ4n) is 4.51. The molecule has 0 atom stereocenters. The number of aryl methyl sites for hydroxylation is 1. The van der Waals surface area contributed by atoms with Gasteiger partial charge >= 0.3 is 6.09 Å². The number of aromatic nitrogens is 2. The Morgan fingerprint density at radius 2 is 1.82 bits per heavy atom. The summed E-state index contributed by atoms with van der Waals surface area (Å²) in [6, 6.07) is 10.5. The molecule has 0 aliphatic carbocycles. The summed E-state index contributed by atoms with van der Waals surface area (Å²) in [6.45, 7) is 9.10. The summed E-state index contributed by atoms with van der Waals surface area (Å²) in [4.78, 5) is 48.8. The van der Waals surface area contributed by atoms with Crippen LogP contribution in [0.5, 0.6) is 0 Å². The number of halogens is 1. The third kappa shape index (κ3) is 5.88. The number of fused-ring (bicyclic) bond motifs is 1. The van der Waals surface area contributed by atoms with E-state index in [1.807, 2.05) is 49.9 Å². The fraction of sp³-hybridized carbons (Fsp3) is 0.321. The highest BCUT2D eigenvalue weighted by Gasteiger charge is 2.27. The lowest BCUT2D eigenvalue weighted by atomic mass is 10.0. The molecule has 39 heavy (non-hydrogen) atoms. The highest BCUT2D eigenvalue weighted by molar-refractivity contribution is 8.18. The molecule has 1 aromatic heterocycles. The van der Waals surface area contributed by atoms with Crippen LogP contribution in [0.2, 0.25) is 0 Å². The summed E-state index contributed by atoms with van der Waals surface area (Å²) in [6.07, 6.45) is 1.27. The molecule has 0 radical (unpaired) electrons. The van der Waals surface area contributed by atoms with Gasteiger partial charge in [-0.15, -0.1) is 0 Å². The molecular formula is C28H28FN5O4S. The quantitative estimate of drug-likeness (QED) is 0.449. The lowest BCUT2D eigenvalue weighted by molar-refractivity contribution is -0.115. The maximum Gasteiger partial charge on any atom is 0.410 e. The number of thioether (sulfide) groups is 1. The highest BCUT2D eigenvalue weighted by atomic mass is 32.2. The molecule has 3 aromatic rings. The Hall–Kier alpha value is -3.99. The van der Waals surface area contributed by atoms with E-state index in [4.69, 9.17) is 4.74 Å². The number of nitrogens with zero attached hydrogens (tertiary/aromatic N) is 4. The molecule has 2 aromatic carbocycles. The van der Waals surface area contributed by atoms with E-state index >= 15 is 4.39 Å². The SMILES string of the molecule is Cc1nc(-c2ccc(N3CCN(C(=O)OC(C)(C)C)CC3)c(F)c2)c2cc(C=C3SC(=O)NC3=O)ccc2n1. The van der Waals surface area contributed by atoms with Gasteiger partial charge in [-0.25, -0.2) is 19.2 Å². The van der Waals surface area contributed by atoms with E-state index in [9.17, 15) is 14.4 Å². The van der Waals surface area contributed by atoms with Gasteiger partial charge in [-0.1, -0.05) is 12.1 Å². The number of hydrogen-bond acceptors (Lipinski definition) is 8. The molecule has 0 spiro atoms. The largest absolute Gasteiger partial charge is 0.444 e. The molecule has 1 N–H and O–H groups in total. The smallest absolute Gasteiger partial charge is 0.410 e. The molecule has 0 saturated carbocycles. The molecule has 2 aliphatic heterocycles. The van der Waals surface area contributed by atoms with Crippen LogP contribution in [0.3, 0.4) is 0 Å². The van der Waals surface area contributed by atoms with E-state index in [0.717, 1.165) is 11.8 Å². The second-order valence-electron chi connectivity index (χ2n) is 10.4. The zero-order valence-electron chi connectivity index (χ0n) is 22.1. The van der Waals surface area contributed by atoms with Crippen LogP contribution in [-0.4, -0.2) is 63.9 Å². The Labute approximate surface area is 229 Å². The van der Waals surface area contributed by atoms with Crippen molar-refractivity contribution in [1.29, 1.82) is 0 Å². The molecule has 3 amide bonds. The summed E-state index contributed by atoms with van der Waals surface area (Å²) in [5.74, 6) is -0.281. The number of amides is 3. The zero-order chi connectivity index (χ0) is 27.9. The van der Waals surface area contributed by atoms with Gasteiger partial charge in [-0.3, -0.25) is 14.9 Å². The Morgan fingerprint density at radius 1 is 1.08 bits per heavy atom. The minimum absolute atomic E-state index is 0.302. The van der Waals surface area contributed by atoms with Gasteiger partial charge in [-0.2, -0.15) is 0 Å². The van der Waals surface area contributed by atoms with E-state index in [1.165, 1.54) is 6.07 Å². The number of rotatable bonds is 3. The molecule has 0 bridgehead atoms. The summed E-state index contributed by atoms with van der Waals surface area (Å²) in [5.41, 5.74) is 2.42. The maximum atomic E-state index is 15.4. The van der Waals surface area contributed by atoms with Gasteiger partial charge in [0, 0.05) is 37.1 Å². The number of carbonyl (C=O) groups is 3. The van der Waals surface area contributed by atoms with Crippen molar-refractivity contribution >= 4 is 51.7 Å². The maximum absolute atomic E-state index is 15.4. The summed E-state index contributed by atoms with van der Waals surface area (Å²) in [7, 11) is 0. The summed E-state index contributed by atoms with van der Waals surface area (Å²) in [5, 5.41) is 2.53. The van der Waals surface area contributed by atoms with Crippen LogP contribution in [0.25, 0.3) is 28.2 Å². The van der Waals surface area contributed by atoms with Crippen molar-refractivity contribution in [2.45, 2.75) is 33.3 Å². The topological polar surface area (TPSA) is 105 Å². The second kappa shape index (κ2) is 10.3. The van der Waals surface area contributed by atoms with Gasteiger partial charge in [0.05, 0.1) is 21.8 Å². The van der Waals surface area contributed by atoms with Crippen molar-refractivity contribution in [2.75, 3.05) is 31.1 Å².